The van der Waals surface area contributed by atoms with Crippen LogP contribution in [0, 0.1) is 0 Å². The zero-order valence-corrected chi connectivity index (χ0v) is 16.7. The van der Waals surface area contributed by atoms with Crippen molar-refractivity contribution in [2.45, 2.75) is 56.2 Å². The van der Waals surface area contributed by atoms with Gasteiger partial charge < -0.3 is 5.32 Å². The van der Waals surface area contributed by atoms with Crippen LogP contribution in [0.4, 0.5) is 0 Å². The number of nitrogens with one attached hydrogen (secondary N) is 1. The van der Waals surface area contributed by atoms with E-state index < -0.39 is 10.0 Å². The number of hydrogen-bond donors (Lipinski definition) is 1. The van der Waals surface area contributed by atoms with Crippen LogP contribution in [0.1, 0.15) is 45.1 Å². The van der Waals surface area contributed by atoms with E-state index >= 15 is 0 Å². The van der Waals surface area contributed by atoms with Crippen molar-refractivity contribution in [1.82, 2.24) is 9.62 Å². The van der Waals surface area contributed by atoms with E-state index in [2.05, 4.69) is 5.32 Å². The van der Waals surface area contributed by atoms with Gasteiger partial charge >= 0.3 is 0 Å². The second-order valence-corrected chi connectivity index (χ2v) is 9.45. The number of carbonyl (C=O) groups is 1. The summed E-state index contributed by atoms with van der Waals surface area (Å²) in [5.41, 5.74) is 0.901. The Labute approximate surface area is 155 Å². The first-order chi connectivity index (χ1) is 12.0. The first-order valence-corrected chi connectivity index (χ1v) is 11.4. The van der Waals surface area contributed by atoms with Crippen molar-refractivity contribution in [3.8, 4) is 0 Å². The Kier molecular flexibility index (Phi) is 7.78. The summed E-state index contributed by atoms with van der Waals surface area (Å²) in [7, 11) is -3.42. The summed E-state index contributed by atoms with van der Waals surface area (Å²) >= 11 is 1.74. The number of rotatable bonds is 9. The van der Waals surface area contributed by atoms with Crippen molar-refractivity contribution in [2.24, 2.45) is 0 Å². The highest BCUT2D eigenvalue weighted by Gasteiger charge is 2.21. The minimum atomic E-state index is -3.42. The molecule has 1 aliphatic rings. The molecule has 1 fully saturated rings. The fourth-order valence-corrected chi connectivity index (χ4v) is 5.61. The Morgan fingerprint density at radius 2 is 1.76 bits per heavy atom. The Morgan fingerprint density at radius 3 is 2.32 bits per heavy atom. The van der Waals surface area contributed by atoms with Crippen molar-refractivity contribution < 1.29 is 13.2 Å². The van der Waals surface area contributed by atoms with E-state index in [4.69, 9.17) is 0 Å². The molecule has 0 spiro atoms. The largest absolute Gasteiger partial charge is 0.351 e. The average Bonchev–Trinajstić information content (AvgIpc) is 3.13. The Hall–Kier alpha value is -1.05. The molecule has 1 aromatic carbocycles. The summed E-state index contributed by atoms with van der Waals surface area (Å²) in [4.78, 5) is 12.2. The Balaban J connectivity index is 1.84. The molecule has 140 valence electrons. The third kappa shape index (κ3) is 5.72. The van der Waals surface area contributed by atoms with Crippen molar-refractivity contribution in [3.63, 3.8) is 0 Å². The van der Waals surface area contributed by atoms with Gasteiger partial charge in [-0.2, -0.15) is 4.31 Å². The number of amides is 1. The highest BCUT2D eigenvalue weighted by Crippen LogP contribution is 2.29. The molecular formula is C18H28N2O3S2. The minimum absolute atomic E-state index is 0.0386. The van der Waals surface area contributed by atoms with Crippen molar-refractivity contribution >= 4 is 27.7 Å². The molecule has 25 heavy (non-hydrogen) atoms. The molecule has 1 saturated carbocycles. The lowest BCUT2D eigenvalue weighted by molar-refractivity contribution is -0.118. The zero-order chi connectivity index (χ0) is 18.3. The van der Waals surface area contributed by atoms with E-state index in [1.54, 1.807) is 36.0 Å². The monoisotopic (exact) mass is 384 g/mol. The number of nitrogens with zero attached hydrogens (tertiary/aromatic N) is 1. The SMILES string of the molecule is CCN(CC)S(=O)(=O)c1ccc(CNC(=O)CSC2CCCC2)cc1. The Bertz CT molecular complexity index is 649. The van der Waals surface area contributed by atoms with Crippen molar-refractivity contribution in [3.05, 3.63) is 29.8 Å². The van der Waals surface area contributed by atoms with Gasteiger partial charge in [-0.05, 0) is 30.5 Å². The van der Waals surface area contributed by atoms with Gasteiger partial charge in [0, 0.05) is 24.9 Å². The van der Waals surface area contributed by atoms with Gasteiger partial charge in [0.25, 0.3) is 0 Å². The van der Waals surface area contributed by atoms with Crippen LogP contribution >= 0.6 is 11.8 Å². The molecule has 1 aromatic rings. The number of benzene rings is 1. The van der Waals surface area contributed by atoms with Gasteiger partial charge in [-0.3, -0.25) is 4.79 Å². The quantitative estimate of drug-likeness (QED) is 0.711. The van der Waals surface area contributed by atoms with Gasteiger partial charge in [-0.1, -0.05) is 38.8 Å². The van der Waals surface area contributed by atoms with Crippen molar-refractivity contribution in [2.75, 3.05) is 18.8 Å². The van der Waals surface area contributed by atoms with Gasteiger partial charge in [0.1, 0.15) is 0 Å². The predicted molar refractivity (Wildman–Crippen MR) is 103 cm³/mol. The highest BCUT2D eigenvalue weighted by molar-refractivity contribution is 8.00. The lowest BCUT2D eigenvalue weighted by atomic mass is 10.2. The molecule has 2 rings (SSSR count). The van der Waals surface area contributed by atoms with E-state index in [0.29, 0.717) is 35.5 Å². The smallest absolute Gasteiger partial charge is 0.243 e. The summed E-state index contributed by atoms with van der Waals surface area (Å²) in [6, 6.07) is 6.76. The normalized spacial score (nSPS) is 15.6. The van der Waals surface area contributed by atoms with Crippen molar-refractivity contribution in [1.29, 1.82) is 0 Å². The van der Waals surface area contributed by atoms with Crippen LogP contribution in [0.25, 0.3) is 0 Å². The molecule has 0 bridgehead atoms. The van der Waals surface area contributed by atoms with Gasteiger partial charge in [0.2, 0.25) is 15.9 Å². The first kappa shape index (κ1) is 20.3. The maximum atomic E-state index is 12.4. The van der Waals surface area contributed by atoms with Crippen LogP contribution in [0.15, 0.2) is 29.2 Å². The minimum Gasteiger partial charge on any atom is -0.351 e. The first-order valence-electron chi connectivity index (χ1n) is 8.94. The van der Waals surface area contributed by atoms with Crippen LogP contribution in [-0.2, 0) is 21.4 Å². The van der Waals surface area contributed by atoms with Crippen LogP contribution in [0.2, 0.25) is 0 Å². The second kappa shape index (κ2) is 9.59. The third-order valence-corrected chi connectivity index (χ3v) is 7.94. The van der Waals surface area contributed by atoms with E-state index in [1.165, 1.54) is 30.0 Å². The molecular weight excluding hydrogens is 356 g/mol. The molecule has 1 amide bonds. The summed E-state index contributed by atoms with van der Waals surface area (Å²) in [5, 5.41) is 3.54. The molecule has 0 aromatic heterocycles. The molecule has 0 saturated heterocycles. The van der Waals surface area contributed by atoms with Crippen LogP contribution < -0.4 is 5.32 Å². The number of carbonyl (C=O) groups excluding carboxylic acids is 1. The number of sulfonamides is 1. The Morgan fingerprint density at radius 1 is 1.16 bits per heavy atom. The fraction of sp³-hybridized carbons (Fsp3) is 0.611. The third-order valence-electron chi connectivity index (χ3n) is 4.51. The summed E-state index contributed by atoms with van der Waals surface area (Å²) in [6.07, 6.45) is 5.00. The number of hydrogen-bond acceptors (Lipinski definition) is 4. The van der Waals surface area contributed by atoms with Gasteiger partial charge in [-0.15, -0.1) is 11.8 Å². The van der Waals surface area contributed by atoms with Crippen LogP contribution in [0.3, 0.4) is 0 Å². The maximum Gasteiger partial charge on any atom is 0.243 e. The predicted octanol–water partition coefficient (Wildman–Crippen LogP) is 3.01. The molecule has 1 aliphatic carbocycles. The molecule has 0 aliphatic heterocycles. The fourth-order valence-electron chi connectivity index (χ4n) is 2.99. The molecule has 7 heteroatoms. The summed E-state index contributed by atoms with van der Waals surface area (Å²) in [5.74, 6) is 0.538. The lowest BCUT2D eigenvalue weighted by Gasteiger charge is -2.18. The molecule has 0 atom stereocenters. The van der Waals surface area contributed by atoms with Gasteiger partial charge in [0.15, 0.2) is 0 Å². The second-order valence-electron chi connectivity index (χ2n) is 6.23. The van der Waals surface area contributed by atoms with Crippen LogP contribution in [-0.4, -0.2) is 42.7 Å². The molecule has 1 N–H and O–H groups in total. The standard InChI is InChI=1S/C18H28N2O3S2/c1-3-20(4-2)25(22,23)17-11-9-15(10-12-17)13-19-18(21)14-24-16-7-5-6-8-16/h9-12,16H,3-8,13-14H2,1-2H3,(H,19,21). The topological polar surface area (TPSA) is 66.5 Å². The molecule has 0 heterocycles. The van der Waals surface area contributed by atoms with E-state index in [1.807, 2.05) is 13.8 Å². The zero-order valence-electron chi connectivity index (χ0n) is 15.0. The highest BCUT2D eigenvalue weighted by atomic mass is 32.2. The van der Waals surface area contributed by atoms with E-state index in [9.17, 15) is 13.2 Å². The summed E-state index contributed by atoms with van der Waals surface area (Å²) < 4.78 is 26.3. The van der Waals surface area contributed by atoms with E-state index in [-0.39, 0.29) is 5.91 Å². The number of thioether (sulfide) groups is 1. The molecule has 5 nitrogen and oxygen atoms in total. The summed E-state index contributed by atoms with van der Waals surface area (Å²) in [6.45, 7) is 4.99. The molecule has 0 unspecified atom stereocenters. The molecule has 0 radical (unpaired) electrons. The van der Waals surface area contributed by atoms with E-state index in [0.717, 1.165) is 5.56 Å². The van der Waals surface area contributed by atoms with Gasteiger partial charge in [-0.25, -0.2) is 8.42 Å². The lowest BCUT2D eigenvalue weighted by Crippen LogP contribution is -2.30. The van der Waals surface area contributed by atoms with Crippen LogP contribution in [0.5, 0.6) is 0 Å². The van der Waals surface area contributed by atoms with Gasteiger partial charge in [0.05, 0.1) is 10.6 Å². The average molecular weight is 385 g/mol. The maximum absolute atomic E-state index is 12.4.